The van der Waals surface area contributed by atoms with Gasteiger partial charge < -0.3 is 20.3 Å². The van der Waals surface area contributed by atoms with E-state index in [9.17, 15) is 14.4 Å². The number of halogens is 1. The largest absolute Gasteiger partial charge is 0.465 e. The predicted molar refractivity (Wildman–Crippen MR) is 111 cm³/mol. The summed E-state index contributed by atoms with van der Waals surface area (Å²) in [7, 11) is 0. The maximum Gasteiger partial charge on any atom is 0.404 e. The van der Waals surface area contributed by atoms with Crippen molar-refractivity contribution in [3.05, 3.63) is 48.0 Å². The van der Waals surface area contributed by atoms with E-state index in [1.807, 2.05) is 0 Å². The van der Waals surface area contributed by atoms with E-state index in [0.717, 1.165) is 0 Å². The number of nitriles is 1. The number of amides is 1. The second-order valence-electron chi connectivity index (χ2n) is 6.91. The number of nitrogens with zero attached hydrogens (tertiary/aromatic N) is 4. The first-order valence-corrected chi connectivity index (χ1v) is 9.82. The number of anilines is 2. The molecule has 3 aromatic rings. The second kappa shape index (κ2) is 10.2. The van der Waals surface area contributed by atoms with Crippen molar-refractivity contribution in [2.24, 2.45) is 0 Å². The van der Waals surface area contributed by atoms with E-state index in [-0.39, 0.29) is 18.3 Å². The van der Waals surface area contributed by atoms with Crippen LogP contribution in [0.3, 0.4) is 0 Å². The lowest BCUT2D eigenvalue weighted by molar-refractivity contribution is 0.194. The summed E-state index contributed by atoms with van der Waals surface area (Å²) in [5.41, 5.74) is 1.49. The Hall–Kier alpha value is -3.67. The summed E-state index contributed by atoms with van der Waals surface area (Å²) in [5, 5.41) is 23.7. The van der Waals surface area contributed by atoms with Crippen molar-refractivity contribution in [1.29, 1.82) is 5.26 Å². The SMILES string of the molecule is C1CCC1.N#Cc1cn(CCCNC(=O)O)c2nc(Nc3cccc(F)c3)ncc12. The zero-order valence-corrected chi connectivity index (χ0v) is 16.4. The topological polar surface area (TPSA) is 116 Å². The second-order valence-corrected chi connectivity index (χ2v) is 6.91. The normalized spacial score (nSPS) is 12.3. The van der Waals surface area contributed by atoms with E-state index < -0.39 is 6.09 Å². The van der Waals surface area contributed by atoms with Crippen molar-refractivity contribution in [3.8, 4) is 6.07 Å². The summed E-state index contributed by atoms with van der Waals surface area (Å²) < 4.78 is 15.1. The van der Waals surface area contributed by atoms with Crippen molar-refractivity contribution >= 4 is 28.8 Å². The first kappa shape index (κ1) is 21.0. The minimum absolute atomic E-state index is 0.274. The highest BCUT2D eigenvalue weighted by molar-refractivity contribution is 5.83. The number of aryl methyl sites for hydroxylation is 1. The van der Waals surface area contributed by atoms with Gasteiger partial charge in [-0.3, -0.25) is 0 Å². The fraction of sp³-hybridized carbons (Fsp3) is 0.333. The Balaban J connectivity index is 0.000000572. The van der Waals surface area contributed by atoms with Gasteiger partial charge in [0.2, 0.25) is 5.95 Å². The molecule has 156 valence electrons. The highest BCUT2D eigenvalue weighted by atomic mass is 19.1. The first-order valence-electron chi connectivity index (χ1n) is 9.82. The molecule has 1 aromatic carbocycles. The molecule has 30 heavy (non-hydrogen) atoms. The van der Waals surface area contributed by atoms with Gasteiger partial charge in [-0.25, -0.2) is 14.2 Å². The van der Waals surface area contributed by atoms with Crippen LogP contribution in [0.2, 0.25) is 0 Å². The van der Waals surface area contributed by atoms with Gasteiger partial charge in [0.05, 0.1) is 10.9 Å². The molecule has 2 heterocycles. The summed E-state index contributed by atoms with van der Waals surface area (Å²) in [6.45, 7) is 0.769. The Labute approximate surface area is 173 Å². The lowest BCUT2D eigenvalue weighted by Crippen LogP contribution is -2.22. The average molecular weight is 410 g/mol. The van der Waals surface area contributed by atoms with Crippen LogP contribution in [0.15, 0.2) is 36.7 Å². The number of fused-ring (bicyclic) bond motifs is 1. The molecule has 0 atom stereocenters. The Morgan fingerprint density at radius 3 is 2.70 bits per heavy atom. The molecule has 3 N–H and O–H groups in total. The quantitative estimate of drug-likeness (QED) is 0.519. The predicted octanol–water partition coefficient (Wildman–Crippen LogP) is 4.40. The number of hydrogen-bond acceptors (Lipinski definition) is 5. The van der Waals surface area contributed by atoms with Crippen LogP contribution >= 0.6 is 0 Å². The lowest BCUT2D eigenvalue weighted by Gasteiger charge is -2.07. The number of rotatable bonds is 6. The Morgan fingerprint density at radius 2 is 2.07 bits per heavy atom. The molecule has 1 aliphatic carbocycles. The van der Waals surface area contributed by atoms with E-state index in [2.05, 4.69) is 26.7 Å². The number of hydrogen-bond donors (Lipinski definition) is 3. The molecule has 1 saturated carbocycles. The fourth-order valence-corrected chi connectivity index (χ4v) is 2.78. The van der Waals surface area contributed by atoms with Crippen LogP contribution in [-0.4, -0.2) is 32.3 Å². The first-order chi connectivity index (χ1) is 14.6. The van der Waals surface area contributed by atoms with Crippen LogP contribution in [0, 0.1) is 17.1 Å². The minimum atomic E-state index is -1.08. The van der Waals surface area contributed by atoms with E-state index in [1.54, 1.807) is 22.9 Å². The fourth-order valence-electron chi connectivity index (χ4n) is 2.78. The van der Waals surface area contributed by atoms with Gasteiger partial charge in [0.1, 0.15) is 17.5 Å². The molecule has 9 heteroatoms. The number of carboxylic acid groups (broad SMARTS) is 1. The van der Waals surface area contributed by atoms with Crippen LogP contribution in [0.1, 0.15) is 37.7 Å². The maximum absolute atomic E-state index is 13.3. The monoisotopic (exact) mass is 410 g/mol. The molecule has 1 aliphatic rings. The highest BCUT2D eigenvalue weighted by Crippen LogP contribution is 2.22. The molecule has 2 aromatic heterocycles. The molecule has 0 aliphatic heterocycles. The maximum atomic E-state index is 13.3. The van der Waals surface area contributed by atoms with Gasteiger partial charge in [-0.15, -0.1) is 0 Å². The van der Waals surface area contributed by atoms with E-state index >= 15 is 0 Å². The van der Waals surface area contributed by atoms with Crippen LogP contribution < -0.4 is 10.6 Å². The third-order valence-electron chi connectivity index (χ3n) is 4.67. The Bertz CT molecular complexity index is 1050. The molecule has 8 nitrogen and oxygen atoms in total. The van der Waals surface area contributed by atoms with Gasteiger partial charge in [-0.05, 0) is 24.6 Å². The third-order valence-corrected chi connectivity index (χ3v) is 4.67. The van der Waals surface area contributed by atoms with Crippen molar-refractivity contribution in [1.82, 2.24) is 19.9 Å². The van der Waals surface area contributed by atoms with Crippen molar-refractivity contribution in [2.75, 3.05) is 11.9 Å². The summed E-state index contributed by atoms with van der Waals surface area (Å²) in [6.07, 6.45) is 8.65. The molecular formula is C21H23FN6O2. The number of nitrogens with one attached hydrogen (secondary N) is 2. The summed E-state index contributed by atoms with van der Waals surface area (Å²) in [6, 6.07) is 8.02. The standard InChI is InChI=1S/C17H15FN6O2.C4H8/c18-12-3-1-4-13(7-12)22-16-21-9-14-11(8-19)10-24(15(14)23-16)6-2-5-20-17(25)26;1-2-4-3-1/h1,3-4,7,9-10,20H,2,5-6H2,(H,25,26)(H,21,22,23);1-4H2. The zero-order valence-electron chi connectivity index (χ0n) is 16.4. The van der Waals surface area contributed by atoms with Crippen LogP contribution in [0.25, 0.3) is 11.0 Å². The molecule has 0 spiro atoms. The molecule has 4 rings (SSSR count). The van der Waals surface area contributed by atoms with E-state index in [4.69, 9.17) is 5.11 Å². The van der Waals surface area contributed by atoms with Gasteiger partial charge in [-0.1, -0.05) is 31.7 Å². The smallest absolute Gasteiger partial charge is 0.404 e. The molecule has 0 radical (unpaired) electrons. The third kappa shape index (κ3) is 5.67. The van der Waals surface area contributed by atoms with Crippen molar-refractivity contribution in [3.63, 3.8) is 0 Å². The minimum Gasteiger partial charge on any atom is -0.465 e. The van der Waals surface area contributed by atoms with Crippen molar-refractivity contribution < 1.29 is 14.3 Å². The summed E-state index contributed by atoms with van der Waals surface area (Å²) >= 11 is 0. The van der Waals surface area contributed by atoms with Gasteiger partial charge in [0, 0.05) is 31.2 Å². The van der Waals surface area contributed by atoms with Gasteiger partial charge in [-0.2, -0.15) is 10.2 Å². The Kier molecular flexibility index (Phi) is 7.16. The number of aromatic nitrogens is 3. The van der Waals surface area contributed by atoms with Crippen LogP contribution in [0.4, 0.5) is 20.8 Å². The molecule has 0 bridgehead atoms. The van der Waals surface area contributed by atoms with Crippen LogP contribution in [-0.2, 0) is 6.54 Å². The van der Waals surface area contributed by atoms with Gasteiger partial charge >= 0.3 is 6.09 Å². The molecule has 1 amide bonds. The van der Waals surface area contributed by atoms with Gasteiger partial charge in [0.25, 0.3) is 0 Å². The Morgan fingerprint density at radius 1 is 1.30 bits per heavy atom. The molecule has 0 saturated heterocycles. The lowest BCUT2D eigenvalue weighted by atomic mass is 10.0. The van der Waals surface area contributed by atoms with Gasteiger partial charge in [0.15, 0.2) is 0 Å². The molecule has 0 unspecified atom stereocenters. The summed E-state index contributed by atoms with van der Waals surface area (Å²) in [4.78, 5) is 19.1. The van der Waals surface area contributed by atoms with Crippen LogP contribution in [0.5, 0.6) is 0 Å². The molecule has 1 fully saturated rings. The average Bonchev–Trinajstić information content (AvgIpc) is 3.01. The van der Waals surface area contributed by atoms with E-state index in [0.29, 0.717) is 35.2 Å². The number of carbonyl (C=O) groups is 1. The number of benzene rings is 1. The van der Waals surface area contributed by atoms with E-state index in [1.165, 1.54) is 44.0 Å². The van der Waals surface area contributed by atoms with Crippen molar-refractivity contribution in [2.45, 2.75) is 38.6 Å². The summed E-state index contributed by atoms with van der Waals surface area (Å²) in [5.74, 6) is -0.104. The molecular weight excluding hydrogens is 387 g/mol. The highest BCUT2D eigenvalue weighted by Gasteiger charge is 2.12. The zero-order chi connectivity index (χ0) is 21.3.